The van der Waals surface area contributed by atoms with Crippen LogP contribution in [0, 0.1) is 15.9 Å². The highest BCUT2D eigenvalue weighted by Crippen LogP contribution is 2.29. The van der Waals surface area contributed by atoms with Crippen LogP contribution in [0.25, 0.3) is 5.69 Å². The molecule has 1 atom stereocenters. The molecule has 2 N–H and O–H groups in total. The fourth-order valence-corrected chi connectivity index (χ4v) is 4.73. The van der Waals surface area contributed by atoms with Gasteiger partial charge < -0.3 is 10.6 Å². The third-order valence-corrected chi connectivity index (χ3v) is 6.72. The molecular weight excluding hydrogens is 542 g/mol. The van der Waals surface area contributed by atoms with Crippen molar-refractivity contribution in [3.8, 4) is 5.69 Å². The van der Waals surface area contributed by atoms with E-state index in [4.69, 9.17) is 23.2 Å². The number of carbonyl (C=O) groups excluding carboxylic acids is 1. The molecule has 190 valence electrons. The third-order valence-electron chi connectivity index (χ3n) is 5.17. The second kappa shape index (κ2) is 11.6. The number of amides is 2. The average molecular weight is 561 g/mol. The fourth-order valence-electron chi connectivity index (χ4n) is 3.36. The second-order valence-electron chi connectivity index (χ2n) is 7.81. The van der Waals surface area contributed by atoms with E-state index in [2.05, 4.69) is 20.8 Å². The Kier molecular flexibility index (Phi) is 8.27. The van der Waals surface area contributed by atoms with Crippen molar-refractivity contribution in [2.75, 3.05) is 5.32 Å². The Labute approximate surface area is 225 Å². The molecule has 3 aromatic carbocycles. The van der Waals surface area contributed by atoms with Gasteiger partial charge in [-0.3, -0.25) is 14.7 Å². The molecule has 1 aromatic heterocycles. The summed E-state index contributed by atoms with van der Waals surface area (Å²) in [6.45, 7) is 1.73. The molecule has 0 fully saturated rings. The van der Waals surface area contributed by atoms with Crippen molar-refractivity contribution in [2.45, 2.75) is 23.9 Å². The number of thioether (sulfide) groups is 1. The molecule has 0 spiro atoms. The first kappa shape index (κ1) is 26.4. The number of nitrogens with one attached hydrogen (secondary N) is 2. The second-order valence-corrected chi connectivity index (χ2v) is 9.60. The molecule has 4 rings (SSSR count). The zero-order chi connectivity index (χ0) is 26.5. The maximum atomic E-state index is 13.3. The Hall–Kier alpha value is -3.67. The summed E-state index contributed by atoms with van der Waals surface area (Å²) in [5.41, 5.74) is 1.76. The van der Waals surface area contributed by atoms with Crippen molar-refractivity contribution >= 4 is 52.4 Å². The van der Waals surface area contributed by atoms with E-state index >= 15 is 0 Å². The molecule has 0 aliphatic heterocycles. The minimum absolute atomic E-state index is 0.0655. The monoisotopic (exact) mass is 560 g/mol. The lowest BCUT2D eigenvalue weighted by Crippen LogP contribution is -2.32. The summed E-state index contributed by atoms with van der Waals surface area (Å²) in [4.78, 5) is 23.3. The van der Waals surface area contributed by atoms with E-state index in [1.54, 1.807) is 47.9 Å². The van der Waals surface area contributed by atoms with Gasteiger partial charge in [-0.15, -0.1) is 10.2 Å². The molecule has 4 aromatic rings. The number of anilines is 1. The molecule has 0 radical (unpaired) electrons. The highest BCUT2D eigenvalue weighted by molar-refractivity contribution is 7.98. The number of nitro benzene ring substituents is 1. The van der Waals surface area contributed by atoms with Gasteiger partial charge in [0.15, 0.2) is 11.0 Å². The van der Waals surface area contributed by atoms with Gasteiger partial charge in [0.25, 0.3) is 5.69 Å². The van der Waals surface area contributed by atoms with Gasteiger partial charge >= 0.3 is 6.03 Å². The van der Waals surface area contributed by atoms with Gasteiger partial charge in [-0.1, -0.05) is 47.1 Å². The molecule has 37 heavy (non-hydrogen) atoms. The normalized spacial score (nSPS) is 11.7. The van der Waals surface area contributed by atoms with Crippen LogP contribution in [0.4, 0.5) is 20.6 Å². The van der Waals surface area contributed by atoms with E-state index in [1.807, 2.05) is 0 Å². The molecule has 0 aliphatic carbocycles. The summed E-state index contributed by atoms with van der Waals surface area (Å²) in [5.74, 6) is 0.541. The van der Waals surface area contributed by atoms with Crippen LogP contribution in [0.5, 0.6) is 0 Å². The predicted octanol–water partition coefficient (Wildman–Crippen LogP) is 6.80. The predicted molar refractivity (Wildman–Crippen MR) is 141 cm³/mol. The van der Waals surface area contributed by atoms with Crippen LogP contribution in [-0.4, -0.2) is 25.7 Å². The van der Waals surface area contributed by atoms with Crippen LogP contribution in [0.3, 0.4) is 0 Å². The number of urea groups is 1. The summed E-state index contributed by atoms with van der Waals surface area (Å²) in [5, 5.41) is 26.3. The topological polar surface area (TPSA) is 115 Å². The van der Waals surface area contributed by atoms with E-state index < -0.39 is 17.0 Å². The molecule has 1 unspecified atom stereocenters. The van der Waals surface area contributed by atoms with Crippen molar-refractivity contribution in [2.24, 2.45) is 0 Å². The first-order chi connectivity index (χ1) is 17.7. The maximum absolute atomic E-state index is 13.3. The van der Waals surface area contributed by atoms with E-state index in [1.165, 1.54) is 42.1 Å². The molecule has 0 saturated heterocycles. The van der Waals surface area contributed by atoms with E-state index in [0.29, 0.717) is 33.1 Å². The highest BCUT2D eigenvalue weighted by Gasteiger charge is 2.22. The van der Waals surface area contributed by atoms with Gasteiger partial charge in [-0.25, -0.2) is 9.18 Å². The zero-order valence-electron chi connectivity index (χ0n) is 19.2. The number of non-ortho nitro benzene ring substituents is 1. The Balaban J connectivity index is 1.59. The lowest BCUT2D eigenvalue weighted by atomic mass is 10.2. The van der Waals surface area contributed by atoms with Crippen LogP contribution in [-0.2, 0) is 5.75 Å². The molecular formula is C24H19Cl2FN6O3S. The summed E-state index contributed by atoms with van der Waals surface area (Å²) < 4.78 is 15.0. The number of rotatable bonds is 8. The quantitative estimate of drug-likeness (QED) is 0.139. The van der Waals surface area contributed by atoms with E-state index in [9.17, 15) is 19.3 Å². The zero-order valence-corrected chi connectivity index (χ0v) is 21.5. The van der Waals surface area contributed by atoms with Gasteiger partial charge in [-0.2, -0.15) is 0 Å². The lowest BCUT2D eigenvalue weighted by molar-refractivity contribution is -0.384. The molecule has 9 nitrogen and oxygen atoms in total. The van der Waals surface area contributed by atoms with Crippen molar-refractivity contribution in [3.63, 3.8) is 0 Å². The molecule has 0 saturated carbocycles. The number of nitrogens with zero attached hydrogens (tertiary/aromatic N) is 4. The number of nitro groups is 1. The highest BCUT2D eigenvalue weighted by atomic mass is 35.5. The lowest BCUT2D eigenvalue weighted by Gasteiger charge is -2.17. The van der Waals surface area contributed by atoms with Crippen LogP contribution >= 0.6 is 35.0 Å². The Bertz CT molecular complexity index is 1430. The van der Waals surface area contributed by atoms with E-state index in [-0.39, 0.29) is 16.5 Å². The molecule has 1 heterocycles. The van der Waals surface area contributed by atoms with Crippen molar-refractivity contribution < 1.29 is 14.1 Å². The number of hydrogen-bond donors (Lipinski definition) is 2. The molecule has 2 amide bonds. The molecule has 0 bridgehead atoms. The Morgan fingerprint density at radius 1 is 1.11 bits per heavy atom. The molecule has 0 aliphatic rings. The first-order valence-electron chi connectivity index (χ1n) is 10.8. The maximum Gasteiger partial charge on any atom is 0.319 e. The standard InChI is InChI=1S/C24H19Cl2FN6O3S/c1-14(28-23(34)29-21-11-4-16(25)12-20(21)26)22-30-31-24(37-13-15-2-5-17(27)6-3-15)32(22)18-7-9-19(10-8-18)33(35)36/h2-12,14H,13H2,1H3,(H2,28,29,34). The summed E-state index contributed by atoms with van der Waals surface area (Å²) in [6.07, 6.45) is 0. The van der Waals surface area contributed by atoms with Gasteiger partial charge in [0, 0.05) is 28.6 Å². The van der Waals surface area contributed by atoms with Crippen molar-refractivity contribution in [1.29, 1.82) is 0 Å². The number of hydrogen-bond acceptors (Lipinski definition) is 6. The number of aromatic nitrogens is 3. The van der Waals surface area contributed by atoms with Crippen molar-refractivity contribution in [3.05, 3.63) is 104 Å². The van der Waals surface area contributed by atoms with Gasteiger partial charge in [-0.05, 0) is 55.0 Å². The van der Waals surface area contributed by atoms with Crippen LogP contribution in [0.2, 0.25) is 10.0 Å². The fraction of sp³-hybridized carbons (Fsp3) is 0.125. The van der Waals surface area contributed by atoms with Crippen LogP contribution in [0.1, 0.15) is 24.4 Å². The Morgan fingerprint density at radius 3 is 2.46 bits per heavy atom. The minimum Gasteiger partial charge on any atom is -0.328 e. The third kappa shape index (κ3) is 6.56. The van der Waals surface area contributed by atoms with Crippen LogP contribution in [0.15, 0.2) is 71.9 Å². The largest absolute Gasteiger partial charge is 0.328 e. The first-order valence-corrected chi connectivity index (χ1v) is 12.6. The Morgan fingerprint density at radius 2 is 1.81 bits per heavy atom. The number of carbonyl (C=O) groups is 1. The minimum atomic E-state index is -0.617. The van der Waals surface area contributed by atoms with Gasteiger partial charge in [0.1, 0.15) is 5.82 Å². The van der Waals surface area contributed by atoms with Gasteiger partial charge in [0.2, 0.25) is 0 Å². The SMILES string of the molecule is CC(NC(=O)Nc1ccc(Cl)cc1Cl)c1nnc(SCc2ccc(F)cc2)n1-c1ccc([N+](=O)[O-])cc1. The van der Waals surface area contributed by atoms with Gasteiger partial charge in [0.05, 0.1) is 21.7 Å². The van der Waals surface area contributed by atoms with Crippen LogP contribution < -0.4 is 10.6 Å². The van der Waals surface area contributed by atoms with E-state index in [0.717, 1.165) is 5.56 Å². The smallest absolute Gasteiger partial charge is 0.319 e. The summed E-state index contributed by atoms with van der Waals surface area (Å²) in [7, 11) is 0. The molecule has 13 heteroatoms. The summed E-state index contributed by atoms with van der Waals surface area (Å²) >= 11 is 13.4. The number of halogens is 3. The van der Waals surface area contributed by atoms with Crippen molar-refractivity contribution in [1.82, 2.24) is 20.1 Å². The summed E-state index contributed by atoms with van der Waals surface area (Å²) in [6, 6.07) is 15.5. The number of benzene rings is 3. The average Bonchev–Trinajstić information content (AvgIpc) is 3.29.